The van der Waals surface area contributed by atoms with Gasteiger partial charge in [0, 0.05) is 29.2 Å². The van der Waals surface area contributed by atoms with Crippen molar-refractivity contribution < 1.29 is 41.0 Å². The summed E-state index contributed by atoms with van der Waals surface area (Å²) >= 11 is 0. The maximum atomic E-state index is 16.8. The molecule has 0 aliphatic carbocycles. The van der Waals surface area contributed by atoms with Crippen molar-refractivity contribution in [3.8, 4) is 5.75 Å². The topological polar surface area (TPSA) is 78.0 Å². The van der Waals surface area contributed by atoms with Gasteiger partial charge in [-0.3, -0.25) is 9.29 Å². The molecule has 0 unspecified atom stereocenters. The molecular formula is C43H48F5N3O4Si. The van der Waals surface area contributed by atoms with Crippen LogP contribution in [0.5, 0.6) is 5.75 Å². The molecule has 0 saturated carbocycles. The molecule has 0 saturated heterocycles. The number of hydrogen-bond donors (Lipinski definition) is 2. The molecule has 7 nitrogen and oxygen atoms in total. The lowest BCUT2D eigenvalue weighted by Gasteiger charge is -2.45. The Balaban J connectivity index is 1.37. The van der Waals surface area contributed by atoms with Gasteiger partial charge in [-0.15, -0.1) is 0 Å². The van der Waals surface area contributed by atoms with Crippen LogP contribution in [-0.4, -0.2) is 85.8 Å². The highest BCUT2D eigenvalue weighted by Crippen LogP contribution is 2.45. The summed E-state index contributed by atoms with van der Waals surface area (Å²) in [6.07, 6.45) is -0.970. The molecule has 5 aromatic rings. The second kappa shape index (κ2) is 16.8. The van der Waals surface area contributed by atoms with Gasteiger partial charge in [-0.2, -0.15) is 0 Å². The summed E-state index contributed by atoms with van der Waals surface area (Å²) in [4.78, 5) is 17.3. The van der Waals surface area contributed by atoms with Gasteiger partial charge in [0.05, 0.1) is 38.0 Å². The number of aromatic amines is 1. The fourth-order valence-electron chi connectivity index (χ4n) is 8.08. The molecule has 4 aromatic carbocycles. The summed E-state index contributed by atoms with van der Waals surface area (Å²) in [6.45, 7) is 4.66. The Labute approximate surface area is 325 Å². The first-order valence-corrected chi connectivity index (χ1v) is 20.7. The van der Waals surface area contributed by atoms with Crippen LogP contribution in [-0.2, 0) is 10.8 Å². The molecule has 56 heavy (non-hydrogen) atoms. The van der Waals surface area contributed by atoms with Gasteiger partial charge >= 0.3 is 6.09 Å². The van der Waals surface area contributed by atoms with E-state index in [1.807, 2.05) is 106 Å². The Bertz CT molecular complexity index is 2070. The number of ether oxygens (including phenoxy) is 1. The number of halogens is 5. The number of amides is 1. The molecule has 6 rings (SSSR count). The van der Waals surface area contributed by atoms with Gasteiger partial charge in [-0.05, 0) is 58.9 Å². The van der Waals surface area contributed by atoms with Gasteiger partial charge in [0.2, 0.25) is 0 Å². The van der Waals surface area contributed by atoms with E-state index in [4.69, 9.17) is 9.16 Å². The molecule has 0 bridgehead atoms. The average molecular weight is 794 g/mol. The predicted molar refractivity (Wildman–Crippen MR) is 211 cm³/mol. The lowest BCUT2D eigenvalue weighted by atomic mass is 9.87. The zero-order chi connectivity index (χ0) is 40.3. The first kappa shape index (κ1) is 40.9. The maximum absolute atomic E-state index is 16.8. The SMILES string of the molecule is C[C@@H]1Cc2c([nH]c3ccccc23)[C@@H](c2c(F)ccc(OCCN(CCCF)C(=O)O)c2F)N1CC(F)(F)CO[Si](c1ccccc1)(c1ccccc1)C(C)(C)C. The van der Waals surface area contributed by atoms with Crippen LogP contribution < -0.4 is 15.1 Å². The van der Waals surface area contributed by atoms with Crippen molar-refractivity contribution in [3.05, 3.63) is 126 Å². The second-order valence-electron chi connectivity index (χ2n) is 15.4. The van der Waals surface area contributed by atoms with Gasteiger partial charge < -0.3 is 24.2 Å². The predicted octanol–water partition coefficient (Wildman–Crippen LogP) is 8.71. The van der Waals surface area contributed by atoms with Gasteiger partial charge in [0.25, 0.3) is 14.2 Å². The average Bonchev–Trinajstić information content (AvgIpc) is 3.53. The van der Waals surface area contributed by atoms with Crippen molar-refractivity contribution in [1.29, 1.82) is 0 Å². The quantitative estimate of drug-likeness (QED) is 0.0820. The van der Waals surface area contributed by atoms with Crippen LogP contribution in [0.15, 0.2) is 97.1 Å². The highest BCUT2D eigenvalue weighted by molar-refractivity contribution is 6.99. The van der Waals surface area contributed by atoms with E-state index in [1.54, 1.807) is 6.92 Å². The van der Waals surface area contributed by atoms with E-state index in [1.165, 1.54) is 4.90 Å². The Kier molecular flexibility index (Phi) is 12.3. The lowest BCUT2D eigenvalue weighted by molar-refractivity contribution is -0.0825. The van der Waals surface area contributed by atoms with E-state index in [9.17, 15) is 14.3 Å². The number of alkyl halides is 3. The van der Waals surface area contributed by atoms with E-state index in [-0.39, 0.29) is 31.9 Å². The van der Waals surface area contributed by atoms with E-state index >= 15 is 17.6 Å². The fraction of sp³-hybridized carbons (Fsp3) is 0.372. The molecule has 0 spiro atoms. The number of nitrogens with one attached hydrogen (secondary N) is 1. The van der Waals surface area contributed by atoms with E-state index in [0.717, 1.165) is 38.4 Å². The van der Waals surface area contributed by atoms with Crippen molar-refractivity contribution >= 4 is 35.7 Å². The molecule has 13 heteroatoms. The third-order valence-corrected chi connectivity index (χ3v) is 15.6. The van der Waals surface area contributed by atoms with E-state index < -0.39 is 74.5 Å². The van der Waals surface area contributed by atoms with Crippen molar-refractivity contribution in [3.63, 3.8) is 0 Å². The number of H-pyrrole nitrogens is 1. The number of aromatic nitrogens is 1. The number of rotatable bonds is 15. The van der Waals surface area contributed by atoms with Crippen LogP contribution in [0.4, 0.5) is 26.7 Å². The summed E-state index contributed by atoms with van der Waals surface area (Å²) in [6, 6.07) is 26.5. The number of carbonyl (C=O) groups is 1. The first-order chi connectivity index (χ1) is 26.7. The molecule has 1 aromatic heterocycles. The van der Waals surface area contributed by atoms with E-state index in [0.29, 0.717) is 17.6 Å². The minimum atomic E-state index is -3.48. The van der Waals surface area contributed by atoms with Crippen molar-refractivity contribution in [2.75, 3.05) is 39.5 Å². The van der Waals surface area contributed by atoms with Crippen LogP contribution in [0.3, 0.4) is 0 Å². The molecule has 2 atom stereocenters. The molecule has 0 radical (unpaired) electrons. The first-order valence-electron chi connectivity index (χ1n) is 18.8. The van der Waals surface area contributed by atoms with Crippen molar-refractivity contribution in [2.24, 2.45) is 0 Å². The zero-order valence-electron chi connectivity index (χ0n) is 32.0. The summed E-state index contributed by atoms with van der Waals surface area (Å²) in [5.41, 5.74) is 1.40. The zero-order valence-corrected chi connectivity index (χ0v) is 33.0. The standard InChI is InChI=1S/C43H48F5N3O4Si/c1-29-26-33-32-18-11-12-19-35(32)49-39(33)40(37-34(45)20-21-36(38(37)46)54-25-24-50(41(52)53)23-13-22-44)51(29)27-43(47,48)28-55-56(42(2,3)4,30-14-7-5-8-15-30)31-16-9-6-10-17-31/h5-12,14-21,29,40,49H,13,22-28H2,1-4H3,(H,52,53)/t29-,40-/m1/s1. The van der Waals surface area contributed by atoms with Gasteiger partial charge in [0.15, 0.2) is 11.6 Å². The maximum Gasteiger partial charge on any atom is 0.407 e. The number of para-hydroxylation sites is 1. The highest BCUT2D eigenvalue weighted by Gasteiger charge is 2.53. The molecule has 0 fully saturated rings. The van der Waals surface area contributed by atoms with Crippen molar-refractivity contribution in [1.82, 2.24) is 14.8 Å². The third-order valence-electron chi connectivity index (χ3n) is 10.7. The molecular weight excluding hydrogens is 746 g/mol. The minimum absolute atomic E-state index is 0.0164. The number of benzene rings is 4. The summed E-state index contributed by atoms with van der Waals surface area (Å²) in [7, 11) is -3.36. The Morgan fingerprint density at radius 1 is 0.929 bits per heavy atom. The van der Waals surface area contributed by atoms with Crippen LogP contribution in [0.25, 0.3) is 10.9 Å². The molecule has 1 amide bonds. The van der Waals surface area contributed by atoms with Gasteiger partial charge in [0.1, 0.15) is 12.4 Å². The highest BCUT2D eigenvalue weighted by atomic mass is 28.4. The Morgan fingerprint density at radius 2 is 1.55 bits per heavy atom. The third kappa shape index (κ3) is 8.21. The fourth-order valence-corrected chi connectivity index (χ4v) is 12.7. The number of nitrogens with zero attached hydrogens (tertiary/aromatic N) is 2. The Morgan fingerprint density at radius 3 is 2.16 bits per heavy atom. The van der Waals surface area contributed by atoms with Crippen LogP contribution in [0.1, 0.15) is 57.0 Å². The van der Waals surface area contributed by atoms with Crippen molar-refractivity contribution in [2.45, 2.75) is 63.6 Å². The monoisotopic (exact) mass is 793 g/mol. The molecule has 2 heterocycles. The smallest absolute Gasteiger partial charge is 0.407 e. The number of hydrogen-bond acceptors (Lipinski definition) is 4. The van der Waals surface area contributed by atoms with Gasteiger partial charge in [-0.25, -0.2) is 22.4 Å². The molecule has 1 aliphatic rings. The van der Waals surface area contributed by atoms with Crippen LogP contribution in [0.2, 0.25) is 5.04 Å². The largest absolute Gasteiger partial charge is 0.489 e. The summed E-state index contributed by atoms with van der Waals surface area (Å²) in [5, 5.41) is 11.4. The Hall–Kier alpha value is -4.72. The van der Waals surface area contributed by atoms with Crippen LogP contribution in [0, 0.1) is 11.6 Å². The molecule has 2 N–H and O–H groups in total. The summed E-state index contributed by atoms with van der Waals surface area (Å²) < 4.78 is 91.6. The number of carboxylic acid groups (broad SMARTS) is 1. The lowest BCUT2D eigenvalue weighted by Crippen LogP contribution is -2.67. The van der Waals surface area contributed by atoms with Crippen LogP contribution >= 0.6 is 0 Å². The molecule has 298 valence electrons. The normalized spacial score (nSPS) is 16.5. The van der Waals surface area contributed by atoms with E-state index in [2.05, 4.69) is 4.98 Å². The summed E-state index contributed by atoms with van der Waals surface area (Å²) in [5.74, 6) is -5.89. The number of fused-ring (bicyclic) bond motifs is 3. The molecule has 1 aliphatic heterocycles. The minimum Gasteiger partial charge on any atom is -0.489 e. The second-order valence-corrected chi connectivity index (χ2v) is 19.7. The van der Waals surface area contributed by atoms with Gasteiger partial charge in [-0.1, -0.05) is 99.6 Å².